The van der Waals surface area contributed by atoms with Crippen molar-refractivity contribution in [2.24, 2.45) is 5.73 Å². The van der Waals surface area contributed by atoms with Crippen molar-refractivity contribution in [2.45, 2.75) is 38.8 Å². The molecule has 2 N–H and O–H groups in total. The van der Waals surface area contributed by atoms with Crippen molar-refractivity contribution in [2.75, 3.05) is 13.1 Å². The Morgan fingerprint density at radius 2 is 2.08 bits per heavy atom. The highest BCUT2D eigenvalue weighted by Crippen LogP contribution is 2.20. The average Bonchev–Trinajstić information content (AvgIpc) is 2.94. The van der Waals surface area contributed by atoms with Gasteiger partial charge in [-0.2, -0.15) is 0 Å². The molecule has 3 rings (SSSR count). The zero-order chi connectivity index (χ0) is 16.9. The van der Waals surface area contributed by atoms with Gasteiger partial charge in [-0.3, -0.25) is 4.79 Å². The van der Waals surface area contributed by atoms with Gasteiger partial charge in [0.15, 0.2) is 5.76 Å². The molecule has 1 fully saturated rings. The zero-order valence-electron chi connectivity index (χ0n) is 14.0. The molecule has 24 heavy (non-hydrogen) atoms. The number of furan rings is 1. The van der Waals surface area contributed by atoms with Gasteiger partial charge in [-0.25, -0.2) is 0 Å². The van der Waals surface area contributed by atoms with E-state index in [1.807, 2.05) is 36.1 Å². The minimum Gasteiger partial charge on any atom is -0.486 e. The Kier molecular flexibility index (Phi) is 5.20. The number of rotatable bonds is 4. The quantitative estimate of drug-likeness (QED) is 0.936. The second kappa shape index (κ2) is 7.53. The number of aryl methyl sites for hydroxylation is 1. The molecule has 5 heteroatoms. The first-order valence-corrected chi connectivity index (χ1v) is 8.44. The van der Waals surface area contributed by atoms with Crippen LogP contribution in [0.25, 0.3) is 0 Å². The van der Waals surface area contributed by atoms with E-state index in [1.54, 1.807) is 12.3 Å². The van der Waals surface area contributed by atoms with Gasteiger partial charge in [-0.05, 0) is 38.0 Å². The van der Waals surface area contributed by atoms with Crippen molar-refractivity contribution in [1.82, 2.24) is 4.90 Å². The molecule has 1 aromatic heterocycles. The Balaban J connectivity index is 1.67. The molecular formula is C19H24N2O3. The fourth-order valence-corrected chi connectivity index (χ4v) is 2.96. The Hall–Kier alpha value is -2.27. The van der Waals surface area contributed by atoms with Crippen LogP contribution in [0.15, 0.2) is 41.0 Å². The van der Waals surface area contributed by atoms with Crippen LogP contribution in [0.1, 0.15) is 40.9 Å². The van der Waals surface area contributed by atoms with Gasteiger partial charge in [0.1, 0.15) is 12.4 Å². The summed E-state index contributed by atoms with van der Waals surface area (Å²) in [5, 5.41) is 0. The predicted octanol–water partition coefficient (Wildman–Crippen LogP) is 3.12. The maximum absolute atomic E-state index is 12.8. The molecule has 2 aromatic rings. The number of hydrogen-bond acceptors (Lipinski definition) is 4. The maximum atomic E-state index is 12.8. The van der Waals surface area contributed by atoms with Crippen LogP contribution in [0.4, 0.5) is 0 Å². The van der Waals surface area contributed by atoms with Gasteiger partial charge < -0.3 is 19.8 Å². The number of amides is 1. The smallest absolute Gasteiger partial charge is 0.257 e. The van der Waals surface area contributed by atoms with Crippen LogP contribution in [0.2, 0.25) is 0 Å². The van der Waals surface area contributed by atoms with Crippen LogP contribution < -0.4 is 10.5 Å². The lowest BCUT2D eigenvalue weighted by Gasteiger charge is -2.22. The van der Waals surface area contributed by atoms with Crippen LogP contribution >= 0.6 is 0 Å². The highest BCUT2D eigenvalue weighted by atomic mass is 16.5. The summed E-state index contributed by atoms with van der Waals surface area (Å²) >= 11 is 0. The number of hydrogen-bond donors (Lipinski definition) is 1. The van der Waals surface area contributed by atoms with Gasteiger partial charge in [0.05, 0.1) is 11.8 Å². The average molecular weight is 328 g/mol. The van der Waals surface area contributed by atoms with Crippen molar-refractivity contribution in [3.63, 3.8) is 0 Å². The minimum atomic E-state index is -0.0244. The Morgan fingerprint density at radius 3 is 2.88 bits per heavy atom. The molecular weight excluding hydrogens is 304 g/mol. The molecule has 2 heterocycles. The molecule has 1 atom stereocenters. The summed E-state index contributed by atoms with van der Waals surface area (Å²) in [7, 11) is 0. The summed E-state index contributed by atoms with van der Waals surface area (Å²) < 4.78 is 11.2. The number of nitrogens with two attached hydrogens (primary N) is 1. The van der Waals surface area contributed by atoms with Crippen LogP contribution in [0, 0.1) is 6.92 Å². The summed E-state index contributed by atoms with van der Waals surface area (Å²) in [6.45, 7) is 3.61. The van der Waals surface area contributed by atoms with E-state index >= 15 is 0 Å². The molecule has 0 aliphatic carbocycles. The van der Waals surface area contributed by atoms with Crippen LogP contribution in [-0.4, -0.2) is 29.9 Å². The van der Waals surface area contributed by atoms with Gasteiger partial charge in [0.2, 0.25) is 0 Å². The van der Waals surface area contributed by atoms with E-state index < -0.39 is 0 Å². The van der Waals surface area contributed by atoms with E-state index in [-0.39, 0.29) is 18.6 Å². The molecule has 1 aliphatic rings. The lowest BCUT2D eigenvalue weighted by atomic mass is 10.1. The highest BCUT2D eigenvalue weighted by Gasteiger charge is 2.24. The highest BCUT2D eigenvalue weighted by molar-refractivity contribution is 5.95. The second-order valence-electron chi connectivity index (χ2n) is 6.37. The molecule has 0 saturated carbocycles. The van der Waals surface area contributed by atoms with Gasteiger partial charge in [-0.15, -0.1) is 0 Å². The number of carbonyl (C=O) groups is 1. The Bertz CT molecular complexity index is 678. The number of benzene rings is 1. The fourth-order valence-electron chi connectivity index (χ4n) is 2.96. The third kappa shape index (κ3) is 3.97. The molecule has 0 bridgehead atoms. The molecule has 1 amide bonds. The third-order valence-corrected chi connectivity index (χ3v) is 4.36. The first-order chi connectivity index (χ1) is 11.6. The molecule has 1 saturated heterocycles. The fraction of sp³-hybridized carbons (Fsp3) is 0.421. The second-order valence-corrected chi connectivity index (χ2v) is 6.37. The lowest BCUT2D eigenvalue weighted by molar-refractivity contribution is 0.0750. The summed E-state index contributed by atoms with van der Waals surface area (Å²) in [4.78, 5) is 14.6. The maximum Gasteiger partial charge on any atom is 0.257 e. The normalized spacial score (nSPS) is 18.2. The molecule has 1 aromatic carbocycles. The first-order valence-electron chi connectivity index (χ1n) is 8.44. The van der Waals surface area contributed by atoms with E-state index in [2.05, 4.69) is 0 Å². The van der Waals surface area contributed by atoms with E-state index in [0.717, 1.165) is 31.6 Å². The van der Waals surface area contributed by atoms with Gasteiger partial charge in [0.25, 0.3) is 5.91 Å². The number of likely N-dealkylation sites (tertiary alicyclic amines) is 1. The van der Waals surface area contributed by atoms with E-state index in [4.69, 9.17) is 14.9 Å². The Morgan fingerprint density at radius 1 is 1.29 bits per heavy atom. The predicted molar refractivity (Wildman–Crippen MR) is 91.9 cm³/mol. The Labute approximate surface area is 142 Å². The SMILES string of the molecule is Cc1ccc(OCc2occc2C(=O)N2CCCC[C@H](N)C2)cc1. The molecule has 128 valence electrons. The van der Waals surface area contributed by atoms with Gasteiger partial charge in [-0.1, -0.05) is 24.1 Å². The largest absolute Gasteiger partial charge is 0.486 e. The summed E-state index contributed by atoms with van der Waals surface area (Å²) in [6, 6.07) is 9.56. The van der Waals surface area contributed by atoms with Gasteiger partial charge >= 0.3 is 0 Å². The van der Waals surface area contributed by atoms with Crippen molar-refractivity contribution in [3.8, 4) is 5.75 Å². The number of nitrogens with zero attached hydrogens (tertiary/aromatic N) is 1. The van der Waals surface area contributed by atoms with Gasteiger partial charge in [0, 0.05) is 19.1 Å². The molecule has 0 radical (unpaired) electrons. The summed E-state index contributed by atoms with van der Waals surface area (Å²) in [6.07, 6.45) is 4.57. The molecule has 0 unspecified atom stereocenters. The van der Waals surface area contributed by atoms with Crippen LogP contribution in [-0.2, 0) is 6.61 Å². The van der Waals surface area contributed by atoms with Crippen molar-refractivity contribution in [3.05, 3.63) is 53.5 Å². The molecule has 0 spiro atoms. The zero-order valence-corrected chi connectivity index (χ0v) is 14.0. The topological polar surface area (TPSA) is 68.7 Å². The van der Waals surface area contributed by atoms with E-state index in [9.17, 15) is 4.79 Å². The van der Waals surface area contributed by atoms with Crippen LogP contribution in [0.5, 0.6) is 5.75 Å². The first kappa shape index (κ1) is 16.6. The molecule has 1 aliphatic heterocycles. The number of carbonyl (C=O) groups excluding carboxylic acids is 1. The van der Waals surface area contributed by atoms with E-state index in [1.165, 1.54) is 5.56 Å². The van der Waals surface area contributed by atoms with E-state index in [0.29, 0.717) is 17.9 Å². The number of ether oxygens (including phenoxy) is 1. The molecule has 5 nitrogen and oxygen atoms in total. The standard InChI is InChI=1S/C19H24N2O3/c1-14-5-7-16(8-6-14)24-13-18-17(9-11-23-18)19(22)21-10-3-2-4-15(20)12-21/h5-9,11,15H,2-4,10,12-13,20H2,1H3/t15-/m0/s1. The van der Waals surface area contributed by atoms with Crippen molar-refractivity contribution in [1.29, 1.82) is 0 Å². The minimum absolute atomic E-state index is 0.0244. The summed E-state index contributed by atoms with van der Waals surface area (Å²) in [5.74, 6) is 1.29. The van der Waals surface area contributed by atoms with Crippen molar-refractivity contribution < 1.29 is 13.9 Å². The van der Waals surface area contributed by atoms with Crippen LogP contribution in [0.3, 0.4) is 0 Å². The lowest BCUT2D eigenvalue weighted by Crippen LogP contribution is -2.39. The van der Waals surface area contributed by atoms with Crippen molar-refractivity contribution >= 4 is 5.91 Å². The monoisotopic (exact) mass is 328 g/mol. The third-order valence-electron chi connectivity index (χ3n) is 4.36. The summed E-state index contributed by atoms with van der Waals surface area (Å²) in [5.41, 5.74) is 7.80.